The molecule has 1 aromatic heterocycles. The van der Waals surface area contributed by atoms with Crippen LogP contribution >= 0.6 is 0 Å². The van der Waals surface area contributed by atoms with Crippen molar-refractivity contribution in [3.63, 3.8) is 0 Å². The summed E-state index contributed by atoms with van der Waals surface area (Å²) in [5, 5.41) is 3.14. The van der Waals surface area contributed by atoms with Crippen LogP contribution in [0.15, 0.2) is 46.9 Å². The van der Waals surface area contributed by atoms with E-state index in [0.717, 1.165) is 11.2 Å². The van der Waals surface area contributed by atoms with Crippen LogP contribution in [0.1, 0.15) is 5.56 Å². The Hall–Kier alpha value is -2.49. The van der Waals surface area contributed by atoms with Gasteiger partial charge < -0.3 is 15.5 Å². The molecule has 0 aliphatic heterocycles. The summed E-state index contributed by atoms with van der Waals surface area (Å²) in [4.78, 5) is 4.35. The van der Waals surface area contributed by atoms with E-state index < -0.39 is 0 Å². The summed E-state index contributed by atoms with van der Waals surface area (Å²) < 4.78 is 5.59. The van der Waals surface area contributed by atoms with Crippen molar-refractivity contribution in [2.45, 2.75) is 6.92 Å². The number of oxazole rings is 1. The number of anilines is 3. The Bertz CT molecular complexity index is 703. The third kappa shape index (κ3) is 2.00. The van der Waals surface area contributed by atoms with Crippen LogP contribution in [0.4, 0.5) is 17.4 Å². The summed E-state index contributed by atoms with van der Waals surface area (Å²) in [6, 6.07) is 13.9. The summed E-state index contributed by atoms with van der Waals surface area (Å²) in [6.45, 7) is 2.04. The van der Waals surface area contributed by atoms with Gasteiger partial charge in [-0.2, -0.15) is 4.98 Å². The second kappa shape index (κ2) is 4.07. The van der Waals surface area contributed by atoms with Gasteiger partial charge in [0.1, 0.15) is 5.52 Å². The van der Waals surface area contributed by atoms with Crippen molar-refractivity contribution in [2.75, 3.05) is 11.1 Å². The fourth-order valence-corrected chi connectivity index (χ4v) is 1.84. The minimum absolute atomic E-state index is 0.473. The highest BCUT2D eigenvalue weighted by atomic mass is 16.4. The van der Waals surface area contributed by atoms with Crippen molar-refractivity contribution < 1.29 is 4.42 Å². The lowest BCUT2D eigenvalue weighted by molar-refractivity contribution is 0.623. The lowest BCUT2D eigenvalue weighted by Crippen LogP contribution is -1.89. The third-order valence-electron chi connectivity index (χ3n) is 2.68. The zero-order valence-corrected chi connectivity index (χ0v) is 9.97. The molecule has 90 valence electrons. The summed E-state index contributed by atoms with van der Waals surface area (Å²) in [6.07, 6.45) is 0. The van der Waals surface area contributed by atoms with E-state index in [0.29, 0.717) is 17.3 Å². The summed E-state index contributed by atoms with van der Waals surface area (Å²) in [5.41, 5.74) is 9.98. The molecule has 0 fully saturated rings. The molecule has 0 aliphatic carbocycles. The Morgan fingerprint density at radius 1 is 1.17 bits per heavy atom. The van der Waals surface area contributed by atoms with E-state index in [2.05, 4.69) is 10.3 Å². The Labute approximate surface area is 104 Å². The first-order valence-corrected chi connectivity index (χ1v) is 5.70. The monoisotopic (exact) mass is 239 g/mol. The first-order chi connectivity index (χ1) is 8.70. The summed E-state index contributed by atoms with van der Waals surface area (Å²) in [5.74, 6) is 0. The van der Waals surface area contributed by atoms with Crippen LogP contribution in [0, 0.1) is 6.92 Å². The summed E-state index contributed by atoms with van der Waals surface area (Å²) in [7, 11) is 0. The normalized spacial score (nSPS) is 10.7. The van der Waals surface area contributed by atoms with Crippen molar-refractivity contribution in [3.05, 3.63) is 48.0 Å². The molecule has 0 bridgehead atoms. The lowest BCUT2D eigenvalue weighted by Gasteiger charge is -2.01. The Balaban J connectivity index is 1.95. The Kier molecular flexibility index (Phi) is 2.41. The molecule has 18 heavy (non-hydrogen) atoms. The first-order valence-electron chi connectivity index (χ1n) is 5.70. The topological polar surface area (TPSA) is 64.1 Å². The number of benzene rings is 2. The average Bonchev–Trinajstić information content (AvgIpc) is 2.70. The number of aryl methyl sites for hydroxylation is 1. The number of nitrogen functional groups attached to an aromatic ring is 1. The van der Waals surface area contributed by atoms with Gasteiger partial charge in [-0.05, 0) is 36.8 Å². The smallest absolute Gasteiger partial charge is 0.300 e. The minimum Gasteiger partial charge on any atom is -0.423 e. The zero-order chi connectivity index (χ0) is 12.5. The number of nitrogens with two attached hydrogens (primary N) is 1. The molecule has 4 heteroatoms. The largest absolute Gasteiger partial charge is 0.423 e. The molecule has 0 spiro atoms. The van der Waals surface area contributed by atoms with Gasteiger partial charge in [-0.15, -0.1) is 0 Å². The van der Waals surface area contributed by atoms with Crippen LogP contribution in [0.25, 0.3) is 11.1 Å². The van der Waals surface area contributed by atoms with Gasteiger partial charge in [-0.25, -0.2) is 0 Å². The average molecular weight is 239 g/mol. The molecule has 0 amide bonds. The van der Waals surface area contributed by atoms with Gasteiger partial charge in [-0.3, -0.25) is 0 Å². The number of aromatic nitrogens is 1. The van der Waals surface area contributed by atoms with Crippen molar-refractivity contribution in [1.29, 1.82) is 0 Å². The molecular formula is C14H13N3O. The molecule has 1 heterocycles. The lowest BCUT2D eigenvalue weighted by atomic mass is 10.2. The highest BCUT2D eigenvalue weighted by molar-refractivity contribution is 5.78. The fraction of sp³-hybridized carbons (Fsp3) is 0.0714. The van der Waals surface area contributed by atoms with E-state index in [1.54, 1.807) is 12.1 Å². The minimum atomic E-state index is 0.473. The highest BCUT2D eigenvalue weighted by Crippen LogP contribution is 2.23. The number of hydrogen-bond acceptors (Lipinski definition) is 4. The maximum atomic E-state index is 5.70. The van der Waals surface area contributed by atoms with Gasteiger partial charge in [0.2, 0.25) is 0 Å². The predicted molar refractivity (Wildman–Crippen MR) is 72.9 cm³/mol. The van der Waals surface area contributed by atoms with Gasteiger partial charge in [0.05, 0.1) is 0 Å². The number of hydrogen-bond donors (Lipinski definition) is 2. The van der Waals surface area contributed by atoms with Crippen molar-refractivity contribution >= 4 is 28.5 Å². The molecule has 3 rings (SSSR count). The molecule has 0 radical (unpaired) electrons. The van der Waals surface area contributed by atoms with Crippen molar-refractivity contribution in [1.82, 2.24) is 4.98 Å². The predicted octanol–water partition coefficient (Wildman–Crippen LogP) is 3.46. The number of fused-ring (bicyclic) bond motifs is 1. The molecule has 3 aromatic rings. The quantitative estimate of drug-likeness (QED) is 0.672. The fourth-order valence-electron chi connectivity index (χ4n) is 1.84. The van der Waals surface area contributed by atoms with Crippen molar-refractivity contribution in [3.8, 4) is 0 Å². The van der Waals surface area contributed by atoms with Crippen LogP contribution < -0.4 is 11.1 Å². The van der Waals surface area contributed by atoms with Crippen LogP contribution in [-0.4, -0.2) is 4.98 Å². The van der Waals surface area contributed by atoms with E-state index in [1.165, 1.54) is 5.56 Å². The molecule has 4 nitrogen and oxygen atoms in total. The highest BCUT2D eigenvalue weighted by Gasteiger charge is 2.05. The Morgan fingerprint density at radius 3 is 2.89 bits per heavy atom. The third-order valence-corrected chi connectivity index (χ3v) is 2.68. The Morgan fingerprint density at radius 2 is 2.06 bits per heavy atom. The second-order valence-corrected chi connectivity index (χ2v) is 4.24. The maximum absolute atomic E-state index is 5.70. The van der Waals surface area contributed by atoms with E-state index in [4.69, 9.17) is 10.2 Å². The van der Waals surface area contributed by atoms with E-state index in [-0.39, 0.29) is 0 Å². The van der Waals surface area contributed by atoms with Crippen LogP contribution in [-0.2, 0) is 0 Å². The molecule has 0 saturated carbocycles. The summed E-state index contributed by atoms with van der Waals surface area (Å²) >= 11 is 0. The molecule has 0 unspecified atom stereocenters. The second-order valence-electron chi connectivity index (χ2n) is 4.24. The van der Waals surface area contributed by atoms with Crippen LogP contribution in [0.2, 0.25) is 0 Å². The van der Waals surface area contributed by atoms with Crippen molar-refractivity contribution in [2.24, 2.45) is 0 Å². The van der Waals surface area contributed by atoms with E-state index in [1.807, 2.05) is 37.3 Å². The zero-order valence-electron chi connectivity index (χ0n) is 9.97. The van der Waals surface area contributed by atoms with Gasteiger partial charge in [0.25, 0.3) is 6.01 Å². The number of nitrogens with one attached hydrogen (secondary N) is 1. The van der Waals surface area contributed by atoms with Crippen LogP contribution in [0.3, 0.4) is 0 Å². The standard InChI is InChI=1S/C14H13N3O/c1-9-3-2-4-11(7-9)16-14-17-12-6-5-10(15)8-13(12)18-14/h2-8H,15H2,1H3,(H,16,17). The van der Waals surface area contributed by atoms with E-state index in [9.17, 15) is 0 Å². The first kappa shape index (κ1) is 10.7. The van der Waals surface area contributed by atoms with Gasteiger partial charge in [0, 0.05) is 17.4 Å². The molecule has 0 saturated heterocycles. The molecular weight excluding hydrogens is 226 g/mol. The van der Waals surface area contributed by atoms with Gasteiger partial charge in [-0.1, -0.05) is 12.1 Å². The molecule has 0 atom stereocenters. The maximum Gasteiger partial charge on any atom is 0.300 e. The SMILES string of the molecule is Cc1cccc(Nc2nc3ccc(N)cc3o2)c1. The van der Waals surface area contributed by atoms with Crippen LogP contribution in [0.5, 0.6) is 0 Å². The molecule has 0 aliphatic rings. The number of nitrogens with zero attached hydrogens (tertiary/aromatic N) is 1. The number of rotatable bonds is 2. The molecule has 3 N–H and O–H groups in total. The van der Waals surface area contributed by atoms with E-state index >= 15 is 0 Å². The van der Waals surface area contributed by atoms with Gasteiger partial charge >= 0.3 is 0 Å². The molecule has 2 aromatic carbocycles. The van der Waals surface area contributed by atoms with Gasteiger partial charge in [0.15, 0.2) is 5.58 Å².